The highest BCUT2D eigenvalue weighted by Gasteiger charge is 2.20. The summed E-state index contributed by atoms with van der Waals surface area (Å²) in [5, 5.41) is 18.8. The molecule has 0 radical (unpaired) electrons. The second kappa shape index (κ2) is 5.08. The van der Waals surface area contributed by atoms with E-state index < -0.39 is 5.79 Å². The Balaban J connectivity index is 1.83. The van der Waals surface area contributed by atoms with Gasteiger partial charge in [0.2, 0.25) is 5.79 Å². The molecule has 0 spiro atoms. The zero-order chi connectivity index (χ0) is 14.0. The van der Waals surface area contributed by atoms with Gasteiger partial charge in [0.25, 0.3) is 0 Å². The van der Waals surface area contributed by atoms with E-state index in [1.54, 1.807) is 12.2 Å². The van der Waals surface area contributed by atoms with Crippen molar-refractivity contribution in [3.8, 4) is 11.1 Å². The molecule has 0 saturated heterocycles. The molecule has 2 heteroatoms. The van der Waals surface area contributed by atoms with Gasteiger partial charge in [-0.25, -0.2) is 0 Å². The molecule has 2 nitrogen and oxygen atoms in total. The molecule has 0 bridgehead atoms. The number of rotatable bonds is 2. The van der Waals surface area contributed by atoms with Crippen molar-refractivity contribution in [3.63, 3.8) is 0 Å². The molecule has 0 aromatic heterocycles. The highest BCUT2D eigenvalue weighted by atomic mass is 16.5. The molecule has 0 fully saturated rings. The number of hydrogen-bond donors (Lipinski definition) is 2. The van der Waals surface area contributed by atoms with E-state index in [2.05, 4.69) is 36.4 Å². The van der Waals surface area contributed by atoms with Crippen LogP contribution in [-0.4, -0.2) is 16.0 Å². The van der Waals surface area contributed by atoms with Gasteiger partial charge in [-0.15, -0.1) is 0 Å². The Kier molecular flexibility index (Phi) is 3.26. The van der Waals surface area contributed by atoms with Crippen molar-refractivity contribution in [1.29, 1.82) is 0 Å². The zero-order valence-corrected chi connectivity index (χ0v) is 11.0. The standard InChI is InChI=1S/C18H16O2/c19-18(20)12-10-17(11-13-18)16-8-6-15(7-9-16)14-4-2-1-3-5-14/h1-13,17,19-20H. The molecule has 0 heterocycles. The third-order valence-corrected chi connectivity index (χ3v) is 3.50. The summed E-state index contributed by atoms with van der Waals surface area (Å²) in [6.45, 7) is 0. The first-order valence-corrected chi connectivity index (χ1v) is 6.63. The summed E-state index contributed by atoms with van der Waals surface area (Å²) in [4.78, 5) is 0. The monoisotopic (exact) mass is 264 g/mol. The van der Waals surface area contributed by atoms with Gasteiger partial charge in [0.1, 0.15) is 0 Å². The van der Waals surface area contributed by atoms with Gasteiger partial charge in [-0.2, -0.15) is 0 Å². The maximum Gasteiger partial charge on any atom is 0.202 e. The lowest BCUT2D eigenvalue weighted by atomic mass is 9.91. The minimum Gasteiger partial charge on any atom is -0.359 e. The van der Waals surface area contributed by atoms with Gasteiger partial charge in [0, 0.05) is 5.92 Å². The Bertz CT molecular complexity index is 621. The lowest BCUT2D eigenvalue weighted by Crippen LogP contribution is -2.23. The third kappa shape index (κ3) is 2.72. The molecule has 1 aliphatic rings. The normalized spacial score (nSPS) is 17.3. The van der Waals surface area contributed by atoms with Crippen LogP contribution in [0.4, 0.5) is 0 Å². The van der Waals surface area contributed by atoms with Crippen LogP contribution in [0.5, 0.6) is 0 Å². The molecule has 20 heavy (non-hydrogen) atoms. The van der Waals surface area contributed by atoms with E-state index in [0.717, 1.165) is 5.56 Å². The second-order valence-corrected chi connectivity index (χ2v) is 5.02. The van der Waals surface area contributed by atoms with Gasteiger partial charge in [-0.1, -0.05) is 66.7 Å². The molecule has 100 valence electrons. The number of allylic oxidation sites excluding steroid dienone is 2. The summed E-state index contributed by atoms with van der Waals surface area (Å²) in [6.07, 6.45) is 6.42. The highest BCUT2D eigenvalue weighted by Crippen LogP contribution is 2.27. The fourth-order valence-corrected chi connectivity index (χ4v) is 2.36. The van der Waals surface area contributed by atoms with E-state index in [0.29, 0.717) is 0 Å². The average molecular weight is 264 g/mol. The van der Waals surface area contributed by atoms with Crippen LogP contribution in [-0.2, 0) is 0 Å². The van der Waals surface area contributed by atoms with Crippen molar-refractivity contribution < 1.29 is 10.2 Å². The van der Waals surface area contributed by atoms with Gasteiger partial charge >= 0.3 is 0 Å². The Morgan fingerprint density at radius 2 is 1.25 bits per heavy atom. The molecule has 3 rings (SSSR count). The van der Waals surface area contributed by atoms with Crippen LogP contribution in [0.1, 0.15) is 11.5 Å². The van der Waals surface area contributed by atoms with Gasteiger partial charge in [-0.05, 0) is 28.8 Å². The first kappa shape index (κ1) is 12.9. The zero-order valence-electron chi connectivity index (χ0n) is 11.0. The van der Waals surface area contributed by atoms with Gasteiger partial charge in [-0.3, -0.25) is 0 Å². The summed E-state index contributed by atoms with van der Waals surface area (Å²) in [5.41, 5.74) is 3.50. The predicted octanol–water partition coefficient (Wildman–Crippen LogP) is 3.24. The van der Waals surface area contributed by atoms with Crippen LogP contribution in [0.25, 0.3) is 11.1 Å². The first-order valence-electron chi connectivity index (χ1n) is 6.63. The molecule has 0 aliphatic heterocycles. The molecule has 0 amide bonds. The van der Waals surface area contributed by atoms with Crippen molar-refractivity contribution in [2.24, 2.45) is 0 Å². The molecule has 2 aromatic rings. The van der Waals surface area contributed by atoms with Crippen molar-refractivity contribution in [2.75, 3.05) is 0 Å². The Morgan fingerprint density at radius 1 is 0.700 bits per heavy atom. The molecular weight excluding hydrogens is 248 g/mol. The van der Waals surface area contributed by atoms with Gasteiger partial charge in [0.15, 0.2) is 0 Å². The fraction of sp³-hybridized carbons (Fsp3) is 0.111. The molecule has 0 saturated carbocycles. The van der Waals surface area contributed by atoms with Crippen molar-refractivity contribution >= 4 is 0 Å². The smallest absolute Gasteiger partial charge is 0.202 e. The molecule has 0 atom stereocenters. The summed E-state index contributed by atoms with van der Waals surface area (Å²) in [7, 11) is 0. The SMILES string of the molecule is OC1(O)C=CC(c2ccc(-c3ccccc3)cc2)C=C1. The fourth-order valence-electron chi connectivity index (χ4n) is 2.36. The van der Waals surface area contributed by atoms with E-state index >= 15 is 0 Å². The van der Waals surface area contributed by atoms with Crippen LogP contribution in [0.2, 0.25) is 0 Å². The third-order valence-electron chi connectivity index (χ3n) is 3.50. The number of aliphatic hydroxyl groups is 2. The van der Waals surface area contributed by atoms with Crippen LogP contribution in [0.15, 0.2) is 78.9 Å². The molecule has 0 unspecified atom stereocenters. The first-order chi connectivity index (χ1) is 9.64. The second-order valence-electron chi connectivity index (χ2n) is 5.02. The highest BCUT2D eigenvalue weighted by molar-refractivity contribution is 5.63. The van der Waals surface area contributed by atoms with Crippen molar-refractivity contribution in [3.05, 3.63) is 84.5 Å². The van der Waals surface area contributed by atoms with Crippen molar-refractivity contribution in [1.82, 2.24) is 0 Å². The van der Waals surface area contributed by atoms with E-state index in [-0.39, 0.29) is 5.92 Å². The molecular formula is C18H16O2. The van der Waals surface area contributed by atoms with E-state index in [4.69, 9.17) is 0 Å². The minimum atomic E-state index is -1.81. The van der Waals surface area contributed by atoms with Crippen LogP contribution in [0, 0.1) is 0 Å². The van der Waals surface area contributed by atoms with Crippen LogP contribution >= 0.6 is 0 Å². The Hall–Kier alpha value is -2.16. The lowest BCUT2D eigenvalue weighted by Gasteiger charge is -2.20. The summed E-state index contributed by atoms with van der Waals surface area (Å²) >= 11 is 0. The number of hydrogen-bond acceptors (Lipinski definition) is 2. The molecule has 2 N–H and O–H groups in total. The largest absolute Gasteiger partial charge is 0.359 e. The summed E-state index contributed by atoms with van der Waals surface area (Å²) in [6, 6.07) is 18.6. The Morgan fingerprint density at radius 3 is 1.85 bits per heavy atom. The van der Waals surface area contributed by atoms with E-state index in [1.807, 2.05) is 18.2 Å². The van der Waals surface area contributed by atoms with Crippen LogP contribution in [0.3, 0.4) is 0 Å². The average Bonchev–Trinajstić information content (AvgIpc) is 2.48. The number of benzene rings is 2. The lowest BCUT2D eigenvalue weighted by molar-refractivity contribution is -0.0754. The van der Waals surface area contributed by atoms with Gasteiger partial charge in [0.05, 0.1) is 0 Å². The maximum absolute atomic E-state index is 9.41. The summed E-state index contributed by atoms with van der Waals surface area (Å²) < 4.78 is 0. The van der Waals surface area contributed by atoms with Gasteiger partial charge < -0.3 is 10.2 Å². The van der Waals surface area contributed by atoms with Crippen molar-refractivity contribution in [2.45, 2.75) is 11.7 Å². The minimum absolute atomic E-state index is 0.0900. The molecule has 1 aliphatic carbocycles. The quantitative estimate of drug-likeness (QED) is 0.645. The van der Waals surface area contributed by atoms with E-state index in [1.165, 1.54) is 23.3 Å². The topological polar surface area (TPSA) is 40.5 Å². The van der Waals surface area contributed by atoms with E-state index in [9.17, 15) is 10.2 Å². The van der Waals surface area contributed by atoms with Crippen LogP contribution < -0.4 is 0 Å². The Labute approximate surface area is 118 Å². The summed E-state index contributed by atoms with van der Waals surface area (Å²) in [5.74, 6) is -1.72. The molecule has 2 aromatic carbocycles. The predicted molar refractivity (Wildman–Crippen MR) is 80.1 cm³/mol. The maximum atomic E-state index is 9.41.